The maximum atomic E-state index is 9.45. The lowest BCUT2D eigenvalue weighted by molar-refractivity contribution is 0.123. The third kappa shape index (κ3) is 3.24. The highest BCUT2D eigenvalue weighted by Crippen LogP contribution is 2.13. The van der Waals surface area contributed by atoms with Gasteiger partial charge in [-0.05, 0) is 0 Å². The van der Waals surface area contributed by atoms with E-state index < -0.39 is 0 Å². The first-order valence-electron chi connectivity index (χ1n) is 5.97. The van der Waals surface area contributed by atoms with Gasteiger partial charge >= 0.3 is 0 Å². The van der Waals surface area contributed by atoms with Gasteiger partial charge in [0, 0.05) is 20.0 Å². The molecule has 0 aliphatic rings. The van der Waals surface area contributed by atoms with E-state index in [-0.39, 0.29) is 18.7 Å². The van der Waals surface area contributed by atoms with Crippen molar-refractivity contribution in [3.8, 4) is 0 Å². The van der Waals surface area contributed by atoms with E-state index >= 15 is 0 Å². The van der Waals surface area contributed by atoms with Crippen molar-refractivity contribution < 1.29 is 9.84 Å². The molecule has 2 unspecified atom stereocenters. The van der Waals surface area contributed by atoms with Crippen LogP contribution in [0.2, 0.25) is 0 Å². The third-order valence-corrected chi connectivity index (χ3v) is 2.73. The number of aliphatic hydroxyl groups is 1. The molecule has 0 amide bonds. The number of hydrogen-bond donors (Lipinski definition) is 2. The third-order valence-electron chi connectivity index (χ3n) is 2.73. The van der Waals surface area contributed by atoms with Crippen molar-refractivity contribution >= 4 is 0 Å². The van der Waals surface area contributed by atoms with Crippen molar-refractivity contribution in [1.29, 1.82) is 0 Å². The summed E-state index contributed by atoms with van der Waals surface area (Å²) in [6.07, 6.45) is 1.54. The SMILES string of the molecule is CCc1nc(CC)n(C(CO)C(N)COC)n1. The van der Waals surface area contributed by atoms with Crippen LogP contribution in [0.15, 0.2) is 0 Å². The fourth-order valence-electron chi connectivity index (χ4n) is 1.76. The molecule has 0 fully saturated rings. The van der Waals surface area contributed by atoms with Crippen molar-refractivity contribution in [1.82, 2.24) is 14.8 Å². The van der Waals surface area contributed by atoms with E-state index in [4.69, 9.17) is 10.5 Å². The van der Waals surface area contributed by atoms with E-state index in [0.29, 0.717) is 6.61 Å². The van der Waals surface area contributed by atoms with Crippen LogP contribution < -0.4 is 5.73 Å². The number of aliphatic hydroxyl groups excluding tert-OH is 1. The lowest BCUT2D eigenvalue weighted by atomic mass is 10.1. The highest BCUT2D eigenvalue weighted by molar-refractivity contribution is 4.96. The summed E-state index contributed by atoms with van der Waals surface area (Å²) < 4.78 is 6.76. The molecular formula is C11H22N4O2. The summed E-state index contributed by atoms with van der Waals surface area (Å²) in [5, 5.41) is 13.8. The largest absolute Gasteiger partial charge is 0.394 e. The minimum absolute atomic E-state index is 0.0654. The van der Waals surface area contributed by atoms with E-state index in [1.54, 1.807) is 11.8 Å². The molecule has 1 aromatic heterocycles. The second-order valence-electron chi connectivity index (χ2n) is 3.97. The van der Waals surface area contributed by atoms with Crippen molar-refractivity contribution in [2.24, 2.45) is 5.73 Å². The van der Waals surface area contributed by atoms with Gasteiger partial charge in [0.25, 0.3) is 0 Å². The molecule has 0 aliphatic carbocycles. The normalized spacial score (nSPS) is 14.9. The maximum absolute atomic E-state index is 9.45. The maximum Gasteiger partial charge on any atom is 0.150 e. The molecule has 2 atom stereocenters. The summed E-state index contributed by atoms with van der Waals surface area (Å²) in [7, 11) is 1.59. The highest BCUT2D eigenvalue weighted by atomic mass is 16.5. The van der Waals surface area contributed by atoms with Crippen LogP contribution in [0, 0.1) is 0 Å². The Morgan fingerprint density at radius 1 is 1.41 bits per heavy atom. The van der Waals surface area contributed by atoms with E-state index in [1.165, 1.54) is 0 Å². The lowest BCUT2D eigenvalue weighted by Crippen LogP contribution is -2.39. The number of aromatic nitrogens is 3. The first-order valence-corrected chi connectivity index (χ1v) is 5.97. The van der Waals surface area contributed by atoms with Crippen molar-refractivity contribution in [3.63, 3.8) is 0 Å². The molecule has 1 aromatic rings. The Balaban J connectivity index is 2.97. The summed E-state index contributed by atoms with van der Waals surface area (Å²) in [5.74, 6) is 1.64. The summed E-state index contributed by atoms with van der Waals surface area (Å²) in [4.78, 5) is 4.40. The van der Waals surface area contributed by atoms with Crippen LogP contribution in [0.3, 0.4) is 0 Å². The molecule has 6 heteroatoms. The van der Waals surface area contributed by atoms with E-state index in [0.717, 1.165) is 24.5 Å². The predicted molar refractivity (Wildman–Crippen MR) is 64.8 cm³/mol. The number of aryl methyl sites for hydroxylation is 2. The zero-order valence-electron chi connectivity index (χ0n) is 10.8. The molecule has 0 saturated heterocycles. The Hall–Kier alpha value is -0.980. The number of nitrogens with two attached hydrogens (primary N) is 1. The number of hydrogen-bond acceptors (Lipinski definition) is 5. The summed E-state index contributed by atoms with van der Waals surface area (Å²) in [6, 6.07) is -0.570. The molecule has 0 bridgehead atoms. The first kappa shape index (κ1) is 14.1. The van der Waals surface area contributed by atoms with Crippen LogP contribution in [-0.4, -0.2) is 46.2 Å². The van der Waals surface area contributed by atoms with Gasteiger partial charge in [-0.3, -0.25) is 0 Å². The molecule has 0 radical (unpaired) electrons. The van der Waals surface area contributed by atoms with Crippen LogP contribution >= 0.6 is 0 Å². The minimum Gasteiger partial charge on any atom is -0.394 e. The second kappa shape index (κ2) is 6.68. The Morgan fingerprint density at radius 2 is 2.12 bits per heavy atom. The van der Waals surface area contributed by atoms with E-state index in [1.807, 2.05) is 13.8 Å². The number of methoxy groups -OCH3 is 1. The first-order chi connectivity index (χ1) is 8.17. The predicted octanol–water partition coefficient (Wildman–Crippen LogP) is -0.0900. The van der Waals surface area contributed by atoms with Gasteiger partial charge in [0.05, 0.1) is 25.3 Å². The smallest absolute Gasteiger partial charge is 0.150 e. The minimum atomic E-state index is -0.290. The van der Waals surface area contributed by atoms with Crippen molar-refractivity contribution in [3.05, 3.63) is 11.6 Å². The quantitative estimate of drug-likeness (QED) is 0.698. The molecule has 0 saturated carbocycles. The van der Waals surface area contributed by atoms with Gasteiger partial charge in [0.15, 0.2) is 5.82 Å². The summed E-state index contributed by atoms with van der Waals surface area (Å²) in [6.45, 7) is 4.33. The highest BCUT2D eigenvalue weighted by Gasteiger charge is 2.23. The average Bonchev–Trinajstić information content (AvgIpc) is 2.73. The number of ether oxygens (including phenoxy) is 1. The Labute approximate surface area is 102 Å². The van der Waals surface area contributed by atoms with Crippen LogP contribution in [0.25, 0.3) is 0 Å². The van der Waals surface area contributed by atoms with Crippen LogP contribution in [-0.2, 0) is 17.6 Å². The molecule has 1 heterocycles. The fourth-order valence-corrected chi connectivity index (χ4v) is 1.76. The van der Waals surface area contributed by atoms with Crippen LogP contribution in [0.4, 0.5) is 0 Å². The molecule has 0 aliphatic heterocycles. The molecule has 1 rings (SSSR count). The van der Waals surface area contributed by atoms with Crippen LogP contribution in [0.1, 0.15) is 31.5 Å². The van der Waals surface area contributed by atoms with Gasteiger partial charge in [-0.25, -0.2) is 9.67 Å². The summed E-state index contributed by atoms with van der Waals surface area (Å²) in [5.41, 5.74) is 5.97. The number of nitrogens with zero attached hydrogens (tertiary/aromatic N) is 3. The van der Waals surface area contributed by atoms with Gasteiger partial charge in [-0.2, -0.15) is 5.10 Å². The zero-order valence-corrected chi connectivity index (χ0v) is 10.8. The van der Waals surface area contributed by atoms with Gasteiger partial charge in [-0.1, -0.05) is 13.8 Å². The van der Waals surface area contributed by atoms with E-state index in [9.17, 15) is 5.11 Å². The fraction of sp³-hybridized carbons (Fsp3) is 0.818. The standard InChI is InChI=1S/C11H22N4O2/c1-4-10-13-11(5-2)15(14-10)9(6-16)8(12)7-17-3/h8-9,16H,4-7,12H2,1-3H3. The zero-order chi connectivity index (χ0) is 12.8. The van der Waals surface area contributed by atoms with Crippen LogP contribution in [0.5, 0.6) is 0 Å². The Morgan fingerprint density at radius 3 is 2.59 bits per heavy atom. The molecule has 0 spiro atoms. The second-order valence-corrected chi connectivity index (χ2v) is 3.97. The Kier molecular flexibility index (Phi) is 5.54. The van der Waals surface area contributed by atoms with E-state index in [2.05, 4.69) is 10.1 Å². The molecule has 98 valence electrons. The molecule has 6 nitrogen and oxygen atoms in total. The van der Waals surface area contributed by atoms with Gasteiger partial charge < -0.3 is 15.6 Å². The van der Waals surface area contributed by atoms with Gasteiger partial charge in [0.1, 0.15) is 5.82 Å². The molecule has 3 N–H and O–H groups in total. The molecule has 17 heavy (non-hydrogen) atoms. The van der Waals surface area contributed by atoms with Crippen molar-refractivity contribution in [2.45, 2.75) is 38.8 Å². The number of rotatable bonds is 7. The van der Waals surface area contributed by atoms with Gasteiger partial charge in [0.2, 0.25) is 0 Å². The average molecular weight is 242 g/mol. The molecule has 0 aromatic carbocycles. The molecular weight excluding hydrogens is 220 g/mol. The monoisotopic (exact) mass is 242 g/mol. The summed E-state index contributed by atoms with van der Waals surface area (Å²) >= 11 is 0. The topological polar surface area (TPSA) is 86.2 Å². The Bertz CT molecular complexity index is 340. The lowest BCUT2D eigenvalue weighted by Gasteiger charge is -2.22. The van der Waals surface area contributed by atoms with Crippen molar-refractivity contribution in [2.75, 3.05) is 20.3 Å². The van der Waals surface area contributed by atoms with Gasteiger partial charge in [-0.15, -0.1) is 0 Å².